The lowest BCUT2D eigenvalue weighted by atomic mass is 9.87. The molecule has 0 aliphatic rings. The number of hydrogen-bond donors (Lipinski definition) is 2. The van der Waals surface area contributed by atoms with Crippen molar-refractivity contribution in [2.75, 3.05) is 14.2 Å². The maximum absolute atomic E-state index is 13.5. The van der Waals surface area contributed by atoms with Crippen LogP contribution in [0.15, 0.2) is 122 Å². The van der Waals surface area contributed by atoms with Gasteiger partial charge in [-0.15, -0.1) is 12.4 Å². The number of nitrogens with two attached hydrogens (primary N) is 1. The van der Waals surface area contributed by atoms with E-state index in [1.54, 1.807) is 69.3 Å². The average molecular weight is 1080 g/mol. The average Bonchev–Trinajstić information content (AvgIpc) is 3.36. The molecule has 0 bridgehead atoms. The van der Waals surface area contributed by atoms with Crippen LogP contribution in [0.25, 0.3) is 0 Å². The van der Waals surface area contributed by atoms with Gasteiger partial charge in [0.25, 0.3) is 0 Å². The maximum Gasteiger partial charge on any atom is 0.358 e. The van der Waals surface area contributed by atoms with Crippen molar-refractivity contribution in [3.8, 4) is 23.0 Å². The maximum atomic E-state index is 13.5. The Morgan fingerprint density at radius 2 is 0.842 bits per heavy atom. The van der Waals surface area contributed by atoms with E-state index >= 15 is 0 Å². The zero-order valence-corrected chi connectivity index (χ0v) is 43.3. The van der Waals surface area contributed by atoms with Crippen LogP contribution in [-0.2, 0) is 28.7 Å². The van der Waals surface area contributed by atoms with Gasteiger partial charge < -0.3 is 39.3 Å². The molecule has 0 fully saturated rings. The van der Waals surface area contributed by atoms with Gasteiger partial charge in [-0.25, -0.2) is 32.3 Å². The lowest BCUT2D eigenvalue weighted by molar-refractivity contribution is -0.153. The molecule has 21 heteroatoms. The van der Waals surface area contributed by atoms with Crippen molar-refractivity contribution < 1.29 is 79.9 Å². The molecule has 2 aromatic heterocycles. The summed E-state index contributed by atoms with van der Waals surface area (Å²) in [6, 6.07) is 25.5. The van der Waals surface area contributed by atoms with E-state index in [4.69, 9.17) is 39.3 Å². The van der Waals surface area contributed by atoms with Crippen molar-refractivity contribution >= 4 is 48.0 Å². The molecule has 4 aromatic carbocycles. The third-order valence-electron chi connectivity index (χ3n) is 10.9. The number of halogens is 5. The van der Waals surface area contributed by atoms with Gasteiger partial charge in [0.05, 0.1) is 20.1 Å². The molecule has 2 heterocycles. The van der Waals surface area contributed by atoms with E-state index < -0.39 is 77.3 Å². The summed E-state index contributed by atoms with van der Waals surface area (Å²) in [5.74, 6) is -7.56. The van der Waals surface area contributed by atoms with Crippen molar-refractivity contribution in [3.63, 3.8) is 0 Å². The fourth-order valence-corrected chi connectivity index (χ4v) is 7.35. The highest BCUT2D eigenvalue weighted by atomic mass is 35.5. The van der Waals surface area contributed by atoms with Crippen LogP contribution in [0.1, 0.15) is 103 Å². The van der Waals surface area contributed by atoms with E-state index in [1.165, 1.54) is 101 Å². The normalized spacial score (nSPS) is 12.1. The molecule has 6 rings (SSSR count). The molecule has 0 amide bonds. The van der Waals surface area contributed by atoms with Crippen LogP contribution in [0.3, 0.4) is 0 Å². The van der Waals surface area contributed by atoms with Gasteiger partial charge in [0.2, 0.25) is 11.5 Å². The second-order valence-electron chi connectivity index (χ2n) is 16.6. The van der Waals surface area contributed by atoms with E-state index in [0.29, 0.717) is 11.1 Å². The Kier molecular flexibility index (Phi) is 24.2. The number of esters is 4. The standard InChI is InChI=1S/C28H27F2NO6.C18H19F2NO2.C9H9NO5.ClH/c1-16(15-23(33)26-27(37-18(3)32)24(35-4)13-14-31-26)28(34)36-17(2)25(19-5-9-21(29)10-6-19)20-7-11-22(30)12-8-20;1-11(21)18(22)23-12(2)17(13-3-7-15(19)8-4-13)14-5-9-16(20)10-6-14;1-5(11)15-8-6(14-2)3-4-10-7(8)9(12)13;/h5-14,16-17,25H,15H2,1-4H3;3-12,17H,21H2,1-2H3;3-4H,1-2H3,(H,12,13);1H/t16-,17+;11-,12-;;/m10../s1. The summed E-state index contributed by atoms with van der Waals surface area (Å²) < 4.78 is 84.4. The molecule has 0 aliphatic carbocycles. The van der Waals surface area contributed by atoms with Crippen LogP contribution < -0.4 is 24.7 Å². The minimum absolute atomic E-state index is 0. The van der Waals surface area contributed by atoms with Gasteiger partial charge in [0.15, 0.2) is 28.7 Å². The highest BCUT2D eigenvalue weighted by molar-refractivity contribution is 6.00. The minimum Gasteiger partial charge on any atom is -0.493 e. The van der Waals surface area contributed by atoms with Crippen molar-refractivity contribution in [1.82, 2.24) is 9.97 Å². The number of pyridine rings is 2. The Morgan fingerprint density at radius 1 is 0.526 bits per heavy atom. The van der Waals surface area contributed by atoms with Gasteiger partial charge in [-0.2, -0.15) is 0 Å². The number of benzene rings is 4. The quantitative estimate of drug-likeness (QED) is 0.0463. The van der Waals surface area contributed by atoms with Crippen molar-refractivity contribution in [2.24, 2.45) is 11.7 Å². The van der Waals surface area contributed by atoms with Crippen molar-refractivity contribution in [1.29, 1.82) is 0 Å². The third kappa shape index (κ3) is 18.0. The van der Waals surface area contributed by atoms with Crippen LogP contribution in [0.4, 0.5) is 17.6 Å². The third-order valence-corrected chi connectivity index (χ3v) is 10.9. The SMILES string of the molecule is COc1ccnc(C(=O)C[C@@H](C)C(=O)O[C@@H](C)C(c2ccc(F)cc2)c2ccc(F)cc2)c1OC(C)=O.COc1ccnc(C(=O)O)c1OC(C)=O.C[C@H](N)C(=O)O[C@@H](C)C(c1ccc(F)cc1)c1ccc(F)cc1.Cl. The number of aromatic nitrogens is 2. The Balaban J connectivity index is 0.000000331. The summed E-state index contributed by atoms with van der Waals surface area (Å²) in [5, 5.41) is 8.79. The molecule has 0 saturated carbocycles. The van der Waals surface area contributed by atoms with Crippen LogP contribution in [0.5, 0.6) is 23.0 Å². The summed E-state index contributed by atoms with van der Waals surface area (Å²) in [4.78, 5) is 78.3. The van der Waals surface area contributed by atoms with Crippen molar-refractivity contribution in [3.05, 3.63) is 178 Å². The lowest BCUT2D eigenvalue weighted by Gasteiger charge is -2.26. The summed E-state index contributed by atoms with van der Waals surface area (Å²) in [7, 11) is 2.70. The van der Waals surface area contributed by atoms with Crippen LogP contribution >= 0.6 is 12.4 Å². The molecule has 3 N–H and O–H groups in total. The number of methoxy groups -OCH3 is 2. The molecule has 0 spiro atoms. The summed E-state index contributed by atoms with van der Waals surface area (Å²) in [6.07, 6.45) is 1.06. The molecule has 76 heavy (non-hydrogen) atoms. The molecule has 4 atom stereocenters. The molecule has 0 unspecified atom stereocenters. The zero-order valence-electron chi connectivity index (χ0n) is 42.5. The Bertz CT molecular complexity index is 2820. The molecular weight excluding hydrogens is 1020 g/mol. The Hall–Kier alpha value is -8.23. The number of carboxylic acid groups (broad SMARTS) is 1. The second kappa shape index (κ2) is 29.6. The minimum atomic E-state index is -1.29. The predicted molar refractivity (Wildman–Crippen MR) is 271 cm³/mol. The van der Waals surface area contributed by atoms with Crippen molar-refractivity contribution in [2.45, 2.75) is 78.0 Å². The van der Waals surface area contributed by atoms with Gasteiger partial charge in [-0.05, 0) is 91.6 Å². The van der Waals surface area contributed by atoms with Gasteiger partial charge in [0, 0.05) is 56.6 Å². The van der Waals surface area contributed by atoms with Gasteiger partial charge in [-0.1, -0.05) is 55.5 Å². The molecule has 0 radical (unpaired) electrons. The number of ether oxygens (including phenoxy) is 6. The summed E-state index contributed by atoms with van der Waals surface area (Å²) in [5.41, 5.74) is 7.90. The van der Waals surface area contributed by atoms with E-state index in [9.17, 15) is 46.3 Å². The molecule has 6 aromatic rings. The summed E-state index contributed by atoms with van der Waals surface area (Å²) >= 11 is 0. The molecule has 404 valence electrons. The first-order valence-electron chi connectivity index (χ1n) is 22.9. The number of nitrogens with zero attached hydrogens (tertiary/aromatic N) is 2. The molecular formula is C55H56ClF4N3O13. The monoisotopic (exact) mass is 1080 g/mol. The molecule has 16 nitrogen and oxygen atoms in total. The summed E-state index contributed by atoms with van der Waals surface area (Å²) in [6.45, 7) is 8.83. The number of carboxylic acids is 1. The highest BCUT2D eigenvalue weighted by Gasteiger charge is 2.31. The number of carbonyl (C=O) groups excluding carboxylic acids is 5. The topological polar surface area (TPSA) is 230 Å². The highest BCUT2D eigenvalue weighted by Crippen LogP contribution is 2.35. The van der Waals surface area contributed by atoms with Crippen LogP contribution in [-0.4, -0.2) is 83.2 Å². The van der Waals surface area contributed by atoms with Gasteiger partial charge in [0.1, 0.15) is 41.5 Å². The largest absolute Gasteiger partial charge is 0.493 e. The van der Waals surface area contributed by atoms with Crippen LogP contribution in [0, 0.1) is 29.2 Å². The molecule has 0 aliphatic heterocycles. The number of aromatic carboxylic acids is 1. The lowest BCUT2D eigenvalue weighted by Crippen LogP contribution is -2.33. The van der Waals surface area contributed by atoms with E-state index in [0.717, 1.165) is 18.1 Å². The van der Waals surface area contributed by atoms with E-state index in [-0.39, 0.29) is 70.8 Å². The van der Waals surface area contributed by atoms with E-state index in [2.05, 4.69) is 9.97 Å². The van der Waals surface area contributed by atoms with E-state index in [1.807, 2.05) is 0 Å². The smallest absolute Gasteiger partial charge is 0.358 e. The zero-order chi connectivity index (χ0) is 55.5. The second-order valence-corrected chi connectivity index (χ2v) is 16.6. The Labute approximate surface area is 441 Å². The predicted octanol–water partition coefficient (Wildman–Crippen LogP) is 9.78. The first-order chi connectivity index (χ1) is 35.5. The fraction of sp³-hybridized carbons (Fsp3) is 0.273. The first kappa shape index (κ1) is 62.1. The fourth-order valence-electron chi connectivity index (χ4n) is 7.35. The number of carbonyl (C=O) groups is 6. The number of rotatable bonds is 18. The van der Waals surface area contributed by atoms with Gasteiger partial charge in [-0.3, -0.25) is 24.0 Å². The molecule has 0 saturated heterocycles. The van der Waals surface area contributed by atoms with Gasteiger partial charge >= 0.3 is 29.8 Å². The number of ketones is 1. The Morgan fingerprint density at radius 3 is 1.14 bits per heavy atom. The number of hydrogen-bond acceptors (Lipinski definition) is 15. The first-order valence-corrected chi connectivity index (χ1v) is 22.9. The number of Topliss-reactive ketones (excluding diaryl/α,β-unsaturated/α-hetero) is 1. The van der Waals surface area contributed by atoms with Crippen LogP contribution in [0.2, 0.25) is 0 Å².